The third-order valence-corrected chi connectivity index (χ3v) is 7.85. The lowest BCUT2D eigenvalue weighted by atomic mass is 10.1. The minimum Gasteiger partial charge on any atom is -0.490 e. The topological polar surface area (TPSA) is 73.2 Å². The van der Waals surface area contributed by atoms with Crippen LogP contribution in [0.25, 0.3) is 21.7 Å². The zero-order valence-electron chi connectivity index (χ0n) is 19.8. The van der Waals surface area contributed by atoms with Crippen molar-refractivity contribution in [3.8, 4) is 5.75 Å². The van der Waals surface area contributed by atoms with E-state index in [4.69, 9.17) is 16.3 Å². The van der Waals surface area contributed by atoms with Gasteiger partial charge in [0.05, 0.1) is 11.4 Å². The van der Waals surface area contributed by atoms with Crippen molar-refractivity contribution in [2.24, 2.45) is 0 Å². The van der Waals surface area contributed by atoms with E-state index in [9.17, 15) is 12.8 Å². The van der Waals surface area contributed by atoms with E-state index in [1.807, 2.05) is 24.3 Å². The van der Waals surface area contributed by atoms with E-state index in [0.717, 1.165) is 10.9 Å². The van der Waals surface area contributed by atoms with Gasteiger partial charge < -0.3 is 10.1 Å². The molecule has 0 bridgehead atoms. The molecule has 0 amide bonds. The molecule has 0 aliphatic carbocycles. The van der Waals surface area contributed by atoms with Crippen molar-refractivity contribution in [3.63, 3.8) is 0 Å². The molecule has 0 aliphatic rings. The molecule has 10 heteroatoms. The number of benzene rings is 4. The molecule has 0 spiro atoms. The van der Waals surface area contributed by atoms with Gasteiger partial charge in [-0.15, -0.1) is 12.4 Å². The standard InChI is InChI=1S/C27H23ClFN3O3S.ClH/c1-30-12-13-35-24-16-21(29)15-23-26(24)32(17-18-6-4-9-20(28)14-18)31-27(23)36(33,34)25-11-5-8-19-7-2-3-10-22(19)25;/h2-11,14-16,30H,12-13,17H2,1H3;1H. The highest BCUT2D eigenvalue weighted by Crippen LogP contribution is 2.36. The molecule has 192 valence electrons. The van der Waals surface area contributed by atoms with E-state index in [-0.39, 0.29) is 46.6 Å². The van der Waals surface area contributed by atoms with Gasteiger partial charge in [-0.3, -0.25) is 4.68 Å². The Balaban J connectivity index is 0.00000320. The number of hydrogen-bond acceptors (Lipinski definition) is 5. The second kappa shape index (κ2) is 11.1. The fourth-order valence-electron chi connectivity index (χ4n) is 4.25. The van der Waals surface area contributed by atoms with Crippen LogP contribution in [-0.4, -0.2) is 38.4 Å². The maximum atomic E-state index is 14.8. The summed E-state index contributed by atoms with van der Waals surface area (Å²) in [5.74, 6) is -0.396. The van der Waals surface area contributed by atoms with Crippen LogP contribution in [0.5, 0.6) is 5.75 Å². The number of nitrogens with one attached hydrogen (secondary N) is 1. The third kappa shape index (κ3) is 5.29. The lowest BCUT2D eigenvalue weighted by molar-refractivity contribution is 0.319. The second-order valence-electron chi connectivity index (χ2n) is 8.33. The van der Waals surface area contributed by atoms with Gasteiger partial charge in [0.1, 0.15) is 23.7 Å². The number of nitrogens with zero attached hydrogens (tertiary/aromatic N) is 2. The average molecular weight is 560 g/mol. The smallest absolute Gasteiger partial charge is 0.226 e. The summed E-state index contributed by atoms with van der Waals surface area (Å²) in [5.41, 5.74) is 1.21. The molecular formula is C27H24Cl2FN3O3S. The van der Waals surface area contributed by atoms with Crippen LogP contribution in [0.15, 0.2) is 88.8 Å². The summed E-state index contributed by atoms with van der Waals surface area (Å²) in [6.07, 6.45) is 0. The molecule has 1 heterocycles. The van der Waals surface area contributed by atoms with Crippen molar-refractivity contribution in [2.45, 2.75) is 16.5 Å². The number of fused-ring (bicyclic) bond motifs is 2. The summed E-state index contributed by atoms with van der Waals surface area (Å²) in [6.45, 7) is 1.01. The number of ether oxygens (including phenoxy) is 1. The number of rotatable bonds is 8. The molecule has 0 fully saturated rings. The molecule has 0 radical (unpaired) electrons. The fraction of sp³-hybridized carbons (Fsp3) is 0.148. The summed E-state index contributed by atoms with van der Waals surface area (Å²) in [4.78, 5) is 0.108. The molecule has 5 aromatic rings. The molecule has 4 aromatic carbocycles. The van der Waals surface area contributed by atoms with Gasteiger partial charge in [0.15, 0.2) is 5.03 Å². The van der Waals surface area contributed by atoms with Crippen LogP contribution in [0.1, 0.15) is 5.56 Å². The van der Waals surface area contributed by atoms with Crippen LogP contribution < -0.4 is 10.1 Å². The van der Waals surface area contributed by atoms with Gasteiger partial charge in [-0.2, -0.15) is 5.10 Å². The lowest BCUT2D eigenvalue weighted by Gasteiger charge is -2.11. The minimum atomic E-state index is -4.12. The first kappa shape index (κ1) is 26.9. The minimum absolute atomic E-state index is 0. The van der Waals surface area contributed by atoms with E-state index >= 15 is 0 Å². The van der Waals surface area contributed by atoms with Crippen molar-refractivity contribution in [1.29, 1.82) is 0 Å². The van der Waals surface area contributed by atoms with E-state index < -0.39 is 15.7 Å². The van der Waals surface area contributed by atoms with Gasteiger partial charge in [-0.05, 0) is 42.3 Å². The third-order valence-electron chi connectivity index (χ3n) is 5.86. The molecule has 0 atom stereocenters. The van der Waals surface area contributed by atoms with Gasteiger partial charge in [0.2, 0.25) is 9.84 Å². The molecule has 5 rings (SSSR count). The Morgan fingerprint density at radius 3 is 2.54 bits per heavy atom. The Kier molecular flexibility index (Phi) is 8.04. The summed E-state index contributed by atoms with van der Waals surface area (Å²) in [6, 6.07) is 21.9. The van der Waals surface area contributed by atoms with Crippen molar-refractivity contribution in [2.75, 3.05) is 20.2 Å². The lowest BCUT2D eigenvalue weighted by Crippen LogP contribution is -2.16. The molecule has 37 heavy (non-hydrogen) atoms. The van der Waals surface area contributed by atoms with E-state index in [1.54, 1.807) is 49.5 Å². The highest BCUT2D eigenvalue weighted by molar-refractivity contribution is 7.91. The SMILES string of the molecule is CNCCOc1cc(F)cc2c(S(=O)(=O)c3cccc4ccccc34)nn(Cc3cccc(Cl)c3)c12.Cl. The average Bonchev–Trinajstić information content (AvgIpc) is 3.22. The van der Waals surface area contributed by atoms with Crippen LogP contribution in [0.3, 0.4) is 0 Å². The number of likely N-dealkylation sites (N-methyl/N-ethyl adjacent to an activating group) is 1. The predicted octanol–water partition coefficient (Wildman–Crippen LogP) is 5.88. The largest absolute Gasteiger partial charge is 0.490 e. The zero-order chi connectivity index (χ0) is 25.3. The van der Waals surface area contributed by atoms with E-state index in [2.05, 4.69) is 10.4 Å². The van der Waals surface area contributed by atoms with Crippen molar-refractivity contribution in [3.05, 3.63) is 95.3 Å². The Morgan fingerprint density at radius 1 is 1.00 bits per heavy atom. The maximum Gasteiger partial charge on any atom is 0.226 e. The first-order valence-electron chi connectivity index (χ1n) is 11.3. The Labute approximate surface area is 225 Å². The van der Waals surface area contributed by atoms with E-state index in [0.29, 0.717) is 22.5 Å². The van der Waals surface area contributed by atoms with Gasteiger partial charge in [0.25, 0.3) is 0 Å². The van der Waals surface area contributed by atoms with Gasteiger partial charge >= 0.3 is 0 Å². The highest BCUT2D eigenvalue weighted by atomic mass is 35.5. The molecule has 6 nitrogen and oxygen atoms in total. The van der Waals surface area contributed by atoms with Gasteiger partial charge in [-0.1, -0.05) is 60.1 Å². The number of aromatic nitrogens is 2. The molecule has 1 aromatic heterocycles. The number of sulfone groups is 1. The van der Waals surface area contributed by atoms with Gasteiger partial charge in [0, 0.05) is 28.4 Å². The van der Waals surface area contributed by atoms with Crippen LogP contribution in [-0.2, 0) is 16.4 Å². The van der Waals surface area contributed by atoms with E-state index in [1.165, 1.54) is 16.8 Å². The normalized spacial score (nSPS) is 11.5. The summed E-state index contributed by atoms with van der Waals surface area (Å²) < 4.78 is 50.2. The molecule has 1 N–H and O–H groups in total. The fourth-order valence-corrected chi connectivity index (χ4v) is 6.05. The molecule has 0 aliphatic heterocycles. The zero-order valence-corrected chi connectivity index (χ0v) is 22.2. The van der Waals surface area contributed by atoms with Crippen molar-refractivity contribution >= 4 is 55.5 Å². The molecule has 0 unspecified atom stereocenters. The first-order valence-corrected chi connectivity index (χ1v) is 13.2. The molecule has 0 saturated carbocycles. The molecular weight excluding hydrogens is 536 g/mol. The summed E-state index contributed by atoms with van der Waals surface area (Å²) in [5, 5.41) is 9.32. The van der Waals surface area contributed by atoms with Crippen LogP contribution in [0, 0.1) is 5.82 Å². The Hall–Kier alpha value is -3.17. The monoisotopic (exact) mass is 559 g/mol. The Morgan fingerprint density at radius 2 is 1.76 bits per heavy atom. The summed E-state index contributed by atoms with van der Waals surface area (Å²) >= 11 is 6.17. The van der Waals surface area contributed by atoms with Crippen molar-refractivity contribution in [1.82, 2.24) is 15.1 Å². The van der Waals surface area contributed by atoms with Crippen LogP contribution in [0.4, 0.5) is 4.39 Å². The Bertz CT molecular complexity index is 1680. The second-order valence-corrected chi connectivity index (χ2v) is 10.6. The van der Waals surface area contributed by atoms with Gasteiger partial charge in [-0.25, -0.2) is 12.8 Å². The quantitative estimate of drug-likeness (QED) is 0.240. The molecule has 0 saturated heterocycles. The van der Waals surface area contributed by atoms with Crippen LogP contribution >= 0.6 is 24.0 Å². The van der Waals surface area contributed by atoms with Crippen LogP contribution in [0.2, 0.25) is 5.02 Å². The predicted molar refractivity (Wildman–Crippen MR) is 146 cm³/mol. The number of hydrogen-bond donors (Lipinski definition) is 1. The van der Waals surface area contributed by atoms with Crippen molar-refractivity contribution < 1.29 is 17.5 Å². The summed E-state index contributed by atoms with van der Waals surface area (Å²) in [7, 11) is -2.34. The highest BCUT2D eigenvalue weighted by Gasteiger charge is 2.29. The first-order chi connectivity index (χ1) is 17.4. The maximum absolute atomic E-state index is 14.8. The number of halogens is 3.